The molecule has 10 heteroatoms. The van der Waals surface area contributed by atoms with Crippen molar-refractivity contribution in [1.29, 1.82) is 0 Å². The van der Waals surface area contributed by atoms with Crippen molar-refractivity contribution in [2.45, 2.75) is 37.1 Å². The van der Waals surface area contributed by atoms with E-state index in [0.29, 0.717) is 6.42 Å². The Balaban J connectivity index is 2.00. The van der Waals surface area contributed by atoms with Crippen LogP contribution in [-0.4, -0.2) is 41.8 Å². The molecule has 2 rings (SSSR count). The van der Waals surface area contributed by atoms with Crippen LogP contribution in [0, 0.1) is 5.82 Å². The Hall–Kier alpha value is -2.46. The Morgan fingerprint density at radius 1 is 1.03 bits per heavy atom. The smallest absolute Gasteiger partial charge is 0.232 e. The molecule has 0 fully saturated rings. The number of amides is 1. The van der Waals surface area contributed by atoms with Crippen molar-refractivity contribution >= 4 is 31.5 Å². The molecular formula is C21H27FN2O5S2. The molecule has 0 spiro atoms. The second-order valence-electron chi connectivity index (χ2n) is 7.26. The lowest BCUT2D eigenvalue weighted by Crippen LogP contribution is -2.33. The van der Waals surface area contributed by atoms with Crippen LogP contribution >= 0.6 is 0 Å². The maximum absolute atomic E-state index is 14.0. The fraction of sp³-hybridized carbons (Fsp3) is 0.381. The SMILES string of the molecule is CC[C@H](NC(=O)CCCN(c1ccccc1F)S(C)(=O)=O)c1ccc(S(C)(=O)=O)cc1. The van der Waals surface area contributed by atoms with Gasteiger partial charge in [-0.3, -0.25) is 9.10 Å². The summed E-state index contributed by atoms with van der Waals surface area (Å²) >= 11 is 0. The molecule has 2 aromatic carbocycles. The second-order valence-corrected chi connectivity index (χ2v) is 11.2. The van der Waals surface area contributed by atoms with Crippen molar-refractivity contribution in [2.24, 2.45) is 0 Å². The van der Waals surface area contributed by atoms with E-state index in [4.69, 9.17) is 0 Å². The molecule has 170 valence electrons. The average Bonchev–Trinajstić information content (AvgIpc) is 2.69. The molecule has 0 heterocycles. The Morgan fingerprint density at radius 2 is 1.65 bits per heavy atom. The van der Waals surface area contributed by atoms with Gasteiger partial charge in [-0.15, -0.1) is 0 Å². The molecule has 0 aliphatic heterocycles. The molecule has 1 amide bonds. The number of sulfonamides is 1. The molecule has 31 heavy (non-hydrogen) atoms. The molecule has 0 saturated heterocycles. The average molecular weight is 471 g/mol. The van der Waals surface area contributed by atoms with Crippen LogP contribution in [0.1, 0.15) is 37.8 Å². The fourth-order valence-corrected chi connectivity index (χ4v) is 4.73. The van der Waals surface area contributed by atoms with Crippen LogP contribution in [0.3, 0.4) is 0 Å². The normalized spacial score (nSPS) is 12.9. The van der Waals surface area contributed by atoms with E-state index in [-0.39, 0.29) is 41.9 Å². The highest BCUT2D eigenvalue weighted by Crippen LogP contribution is 2.22. The quantitative estimate of drug-likeness (QED) is 0.575. The van der Waals surface area contributed by atoms with Gasteiger partial charge in [0.2, 0.25) is 15.9 Å². The van der Waals surface area contributed by atoms with Gasteiger partial charge in [-0.2, -0.15) is 0 Å². The lowest BCUT2D eigenvalue weighted by Gasteiger charge is -2.23. The first kappa shape index (κ1) is 24.8. The number of anilines is 1. The summed E-state index contributed by atoms with van der Waals surface area (Å²) in [5.74, 6) is -0.929. The van der Waals surface area contributed by atoms with E-state index in [2.05, 4.69) is 5.32 Å². The van der Waals surface area contributed by atoms with Crippen LogP contribution in [0.2, 0.25) is 0 Å². The Kier molecular flexibility index (Phi) is 8.19. The highest BCUT2D eigenvalue weighted by molar-refractivity contribution is 7.92. The Bertz CT molecular complexity index is 1120. The van der Waals surface area contributed by atoms with E-state index >= 15 is 0 Å². The van der Waals surface area contributed by atoms with Crippen LogP contribution in [0.25, 0.3) is 0 Å². The number of nitrogens with zero attached hydrogens (tertiary/aromatic N) is 1. The predicted molar refractivity (Wildman–Crippen MR) is 119 cm³/mol. The topological polar surface area (TPSA) is 101 Å². The zero-order valence-electron chi connectivity index (χ0n) is 17.7. The van der Waals surface area contributed by atoms with Gasteiger partial charge < -0.3 is 5.32 Å². The van der Waals surface area contributed by atoms with Crippen molar-refractivity contribution in [3.63, 3.8) is 0 Å². The molecule has 2 aromatic rings. The summed E-state index contributed by atoms with van der Waals surface area (Å²) in [6.45, 7) is 1.85. The summed E-state index contributed by atoms with van der Waals surface area (Å²) in [5, 5.41) is 2.87. The molecule has 0 bridgehead atoms. The number of hydrogen-bond donors (Lipinski definition) is 1. The monoisotopic (exact) mass is 470 g/mol. The third kappa shape index (κ3) is 7.03. The van der Waals surface area contributed by atoms with Gasteiger partial charge in [0.25, 0.3) is 0 Å². The molecule has 1 atom stereocenters. The van der Waals surface area contributed by atoms with Crippen molar-refractivity contribution < 1.29 is 26.0 Å². The van der Waals surface area contributed by atoms with Crippen molar-refractivity contribution in [2.75, 3.05) is 23.4 Å². The van der Waals surface area contributed by atoms with Crippen LogP contribution < -0.4 is 9.62 Å². The summed E-state index contributed by atoms with van der Waals surface area (Å²) < 4.78 is 62.3. The first-order chi connectivity index (χ1) is 14.4. The van der Waals surface area contributed by atoms with Gasteiger partial charge in [-0.1, -0.05) is 31.2 Å². The maximum atomic E-state index is 14.0. The number of rotatable bonds is 10. The highest BCUT2D eigenvalue weighted by Gasteiger charge is 2.21. The fourth-order valence-electron chi connectivity index (χ4n) is 3.14. The van der Waals surface area contributed by atoms with Crippen LogP contribution in [0.15, 0.2) is 53.4 Å². The maximum Gasteiger partial charge on any atom is 0.232 e. The molecule has 0 radical (unpaired) electrons. The second kappa shape index (κ2) is 10.2. The van der Waals surface area contributed by atoms with Gasteiger partial charge in [0, 0.05) is 19.2 Å². The van der Waals surface area contributed by atoms with Crippen molar-refractivity contribution in [3.8, 4) is 0 Å². The summed E-state index contributed by atoms with van der Waals surface area (Å²) in [6, 6.07) is 11.6. The minimum absolute atomic E-state index is 0.0347. The van der Waals surface area contributed by atoms with E-state index in [0.717, 1.165) is 22.4 Å². The molecule has 0 aromatic heterocycles. The van der Waals surface area contributed by atoms with E-state index < -0.39 is 25.7 Å². The van der Waals surface area contributed by atoms with Gasteiger partial charge >= 0.3 is 0 Å². The minimum Gasteiger partial charge on any atom is -0.349 e. The lowest BCUT2D eigenvalue weighted by molar-refractivity contribution is -0.121. The summed E-state index contributed by atoms with van der Waals surface area (Å²) in [4.78, 5) is 12.6. The first-order valence-electron chi connectivity index (χ1n) is 9.75. The van der Waals surface area contributed by atoms with Gasteiger partial charge in [0.15, 0.2) is 9.84 Å². The van der Waals surface area contributed by atoms with Crippen LogP contribution in [0.4, 0.5) is 10.1 Å². The first-order valence-corrected chi connectivity index (χ1v) is 13.5. The largest absolute Gasteiger partial charge is 0.349 e. The summed E-state index contributed by atoms with van der Waals surface area (Å²) in [7, 11) is -7.01. The van der Waals surface area contributed by atoms with Gasteiger partial charge in [-0.05, 0) is 42.7 Å². The Morgan fingerprint density at radius 3 is 2.16 bits per heavy atom. The predicted octanol–water partition coefficient (Wildman–Crippen LogP) is 3.04. The molecule has 7 nitrogen and oxygen atoms in total. The standard InChI is InChI=1S/C21H27FN2O5S2/c1-4-19(16-11-13-17(14-12-16)30(2,26)27)23-21(25)10-7-15-24(31(3,28)29)20-9-6-5-8-18(20)22/h5-6,8-9,11-14,19H,4,7,10,15H2,1-3H3,(H,23,25)/t19-/m0/s1. The highest BCUT2D eigenvalue weighted by atomic mass is 32.2. The van der Waals surface area contributed by atoms with Crippen LogP contribution in [-0.2, 0) is 24.7 Å². The number of hydrogen-bond acceptors (Lipinski definition) is 5. The van der Waals surface area contributed by atoms with E-state index in [1.807, 2.05) is 6.92 Å². The van der Waals surface area contributed by atoms with Crippen molar-refractivity contribution in [3.05, 3.63) is 59.9 Å². The molecule has 0 unspecified atom stereocenters. The van der Waals surface area contributed by atoms with Crippen molar-refractivity contribution in [1.82, 2.24) is 5.32 Å². The third-order valence-electron chi connectivity index (χ3n) is 4.74. The van der Waals surface area contributed by atoms with Gasteiger partial charge in [0.1, 0.15) is 5.82 Å². The molecule has 1 N–H and O–H groups in total. The zero-order chi connectivity index (χ0) is 23.2. The molecule has 0 aliphatic rings. The molecule has 0 saturated carbocycles. The van der Waals surface area contributed by atoms with E-state index in [1.165, 1.54) is 30.3 Å². The molecule has 0 aliphatic carbocycles. The Labute approximate surface area is 183 Å². The van der Waals surface area contributed by atoms with Gasteiger partial charge in [0.05, 0.1) is 22.9 Å². The summed E-state index contributed by atoms with van der Waals surface area (Å²) in [6.07, 6.45) is 2.97. The zero-order valence-corrected chi connectivity index (χ0v) is 19.3. The summed E-state index contributed by atoms with van der Waals surface area (Å²) in [5.41, 5.74) is 0.718. The number of benzene rings is 2. The number of para-hydroxylation sites is 1. The molecular weight excluding hydrogens is 443 g/mol. The van der Waals surface area contributed by atoms with E-state index in [9.17, 15) is 26.0 Å². The van der Waals surface area contributed by atoms with Crippen LogP contribution in [0.5, 0.6) is 0 Å². The third-order valence-corrected chi connectivity index (χ3v) is 7.05. The number of carbonyl (C=O) groups is 1. The number of sulfone groups is 1. The lowest BCUT2D eigenvalue weighted by atomic mass is 10.0. The number of carbonyl (C=O) groups excluding carboxylic acids is 1. The van der Waals surface area contributed by atoms with Gasteiger partial charge in [-0.25, -0.2) is 21.2 Å². The minimum atomic E-state index is -3.71. The number of halogens is 1. The number of nitrogens with one attached hydrogen (secondary N) is 1. The van der Waals surface area contributed by atoms with E-state index in [1.54, 1.807) is 18.2 Å².